The van der Waals surface area contributed by atoms with Crippen LogP contribution in [0.5, 0.6) is 5.75 Å². The maximum atomic E-state index is 13.4. The number of phenols is 1. The summed E-state index contributed by atoms with van der Waals surface area (Å²) < 4.78 is 1.53. The van der Waals surface area contributed by atoms with Crippen LogP contribution in [0.1, 0.15) is 49.1 Å². The molecule has 166 valence electrons. The smallest absolute Gasteiger partial charge is 0.280 e. The first kappa shape index (κ1) is 21.0. The molecule has 1 aliphatic carbocycles. The largest absolute Gasteiger partial charge is 0.506 e. The van der Waals surface area contributed by atoms with Crippen LogP contribution >= 0.6 is 0 Å². The lowest BCUT2D eigenvalue weighted by molar-refractivity contribution is 0.442. The van der Waals surface area contributed by atoms with Crippen LogP contribution in [0, 0.1) is 0 Å². The van der Waals surface area contributed by atoms with Gasteiger partial charge in [-0.15, -0.1) is 0 Å². The van der Waals surface area contributed by atoms with Crippen molar-refractivity contribution in [3.8, 4) is 22.7 Å². The molecule has 1 fully saturated rings. The predicted molar refractivity (Wildman–Crippen MR) is 133 cm³/mol. The minimum atomic E-state index is -0.188. The number of benzene rings is 3. The molecule has 3 aromatic carbocycles. The van der Waals surface area contributed by atoms with E-state index in [-0.39, 0.29) is 11.3 Å². The molecule has 0 saturated heterocycles. The summed E-state index contributed by atoms with van der Waals surface area (Å²) >= 11 is 0. The summed E-state index contributed by atoms with van der Waals surface area (Å²) in [5, 5.41) is 13.7. The highest BCUT2D eigenvalue weighted by Crippen LogP contribution is 2.37. The van der Waals surface area contributed by atoms with E-state index in [1.54, 1.807) is 12.3 Å². The fourth-order valence-electron chi connectivity index (χ4n) is 4.62. The van der Waals surface area contributed by atoms with Crippen molar-refractivity contribution < 1.29 is 5.11 Å². The molecule has 0 aliphatic heterocycles. The second-order valence-electron chi connectivity index (χ2n) is 8.58. The SMILES string of the molecule is O=c1c(C=Nc2cc(C3CCCCC3)ccc2O)c(-c2ccccc2)[nH]n1-c1ccccc1. The van der Waals surface area contributed by atoms with E-state index in [0.717, 1.165) is 11.3 Å². The molecule has 1 heterocycles. The van der Waals surface area contributed by atoms with Gasteiger partial charge in [0.05, 0.1) is 16.9 Å². The zero-order valence-corrected chi connectivity index (χ0v) is 18.4. The number of aliphatic imine (C=N–C) groups is 1. The summed E-state index contributed by atoms with van der Waals surface area (Å²) in [6.07, 6.45) is 7.70. The number of rotatable bonds is 5. The van der Waals surface area contributed by atoms with Gasteiger partial charge in [0.2, 0.25) is 0 Å². The van der Waals surface area contributed by atoms with E-state index in [9.17, 15) is 9.90 Å². The van der Waals surface area contributed by atoms with Crippen LogP contribution in [0.4, 0.5) is 5.69 Å². The monoisotopic (exact) mass is 437 g/mol. The average molecular weight is 438 g/mol. The molecule has 1 aromatic heterocycles. The molecular formula is C28H27N3O2. The summed E-state index contributed by atoms with van der Waals surface area (Å²) in [5.41, 5.74) is 4.30. The van der Waals surface area contributed by atoms with Gasteiger partial charge in [-0.2, -0.15) is 0 Å². The zero-order valence-electron chi connectivity index (χ0n) is 18.4. The number of para-hydroxylation sites is 1. The van der Waals surface area contributed by atoms with Gasteiger partial charge in [-0.3, -0.25) is 14.9 Å². The molecule has 0 radical (unpaired) electrons. The van der Waals surface area contributed by atoms with Crippen molar-refractivity contribution in [2.45, 2.75) is 38.0 Å². The van der Waals surface area contributed by atoms with E-state index in [1.807, 2.05) is 72.8 Å². The normalized spacial score (nSPS) is 14.7. The van der Waals surface area contributed by atoms with Crippen molar-refractivity contribution in [1.29, 1.82) is 0 Å². The van der Waals surface area contributed by atoms with Crippen molar-refractivity contribution in [2.75, 3.05) is 0 Å². The highest BCUT2D eigenvalue weighted by atomic mass is 16.3. The number of phenolic OH excluding ortho intramolecular Hbond substituents is 1. The van der Waals surface area contributed by atoms with Crippen LogP contribution in [0.2, 0.25) is 0 Å². The van der Waals surface area contributed by atoms with Crippen LogP contribution in [0.3, 0.4) is 0 Å². The Kier molecular flexibility index (Phi) is 5.94. The number of nitrogens with zero attached hydrogens (tertiary/aromatic N) is 2. The van der Waals surface area contributed by atoms with Crippen LogP contribution in [0.15, 0.2) is 88.6 Å². The molecule has 1 aliphatic rings. The molecule has 33 heavy (non-hydrogen) atoms. The van der Waals surface area contributed by atoms with E-state index in [4.69, 9.17) is 0 Å². The van der Waals surface area contributed by atoms with Gasteiger partial charge in [0, 0.05) is 11.8 Å². The second kappa shape index (κ2) is 9.33. The van der Waals surface area contributed by atoms with E-state index in [0.29, 0.717) is 22.9 Å². The lowest BCUT2D eigenvalue weighted by Gasteiger charge is -2.22. The van der Waals surface area contributed by atoms with Crippen LogP contribution in [0.25, 0.3) is 16.9 Å². The third kappa shape index (κ3) is 4.40. The van der Waals surface area contributed by atoms with Gasteiger partial charge in [-0.1, -0.05) is 73.9 Å². The zero-order chi connectivity index (χ0) is 22.6. The Morgan fingerprint density at radius 1 is 0.909 bits per heavy atom. The van der Waals surface area contributed by atoms with Crippen molar-refractivity contribution in [1.82, 2.24) is 9.78 Å². The first-order chi connectivity index (χ1) is 16.2. The molecule has 4 aromatic rings. The van der Waals surface area contributed by atoms with Gasteiger partial charge in [0.25, 0.3) is 5.56 Å². The third-order valence-corrected chi connectivity index (χ3v) is 6.41. The van der Waals surface area contributed by atoms with E-state index >= 15 is 0 Å². The molecule has 5 heteroatoms. The molecule has 1 saturated carbocycles. The first-order valence-corrected chi connectivity index (χ1v) is 11.5. The fourth-order valence-corrected chi connectivity index (χ4v) is 4.62. The van der Waals surface area contributed by atoms with Crippen molar-refractivity contribution in [2.24, 2.45) is 4.99 Å². The molecule has 2 N–H and O–H groups in total. The highest BCUT2D eigenvalue weighted by Gasteiger charge is 2.18. The Morgan fingerprint density at radius 2 is 1.61 bits per heavy atom. The lowest BCUT2D eigenvalue weighted by atomic mass is 9.84. The number of nitrogens with one attached hydrogen (secondary N) is 1. The number of H-pyrrole nitrogens is 1. The van der Waals surface area contributed by atoms with Crippen molar-refractivity contribution in [3.63, 3.8) is 0 Å². The molecule has 0 unspecified atom stereocenters. The van der Waals surface area contributed by atoms with Crippen LogP contribution in [-0.2, 0) is 0 Å². The summed E-state index contributed by atoms with van der Waals surface area (Å²) in [5.74, 6) is 0.627. The van der Waals surface area contributed by atoms with E-state index in [1.165, 1.54) is 42.3 Å². The number of hydrogen-bond donors (Lipinski definition) is 2. The predicted octanol–water partition coefficient (Wildman–Crippen LogP) is 6.34. The lowest BCUT2D eigenvalue weighted by Crippen LogP contribution is -2.17. The van der Waals surface area contributed by atoms with E-state index < -0.39 is 0 Å². The van der Waals surface area contributed by atoms with Crippen molar-refractivity contribution >= 4 is 11.9 Å². The number of aromatic amines is 1. The van der Waals surface area contributed by atoms with Crippen LogP contribution in [-0.4, -0.2) is 21.1 Å². The van der Waals surface area contributed by atoms with Gasteiger partial charge in [0.1, 0.15) is 11.4 Å². The maximum Gasteiger partial charge on any atom is 0.280 e. The van der Waals surface area contributed by atoms with Gasteiger partial charge in [-0.05, 0) is 48.6 Å². The molecular weight excluding hydrogens is 410 g/mol. The fraction of sp³-hybridized carbons (Fsp3) is 0.214. The Morgan fingerprint density at radius 3 is 2.33 bits per heavy atom. The van der Waals surface area contributed by atoms with Crippen LogP contribution < -0.4 is 5.56 Å². The quantitative estimate of drug-likeness (QED) is 0.358. The topological polar surface area (TPSA) is 70.4 Å². The van der Waals surface area contributed by atoms with Gasteiger partial charge in [-0.25, -0.2) is 4.68 Å². The first-order valence-electron chi connectivity index (χ1n) is 11.5. The van der Waals surface area contributed by atoms with Crippen molar-refractivity contribution in [3.05, 3.63) is 100 Å². The standard InChI is InChI=1S/C28H27N3O2/c32-26-17-16-22(20-10-4-1-5-11-20)18-25(26)29-19-24-27(21-12-6-2-7-13-21)30-31(28(24)33)23-14-8-3-9-15-23/h2-3,6-9,12-20,30,32H,1,4-5,10-11H2. The molecule has 5 nitrogen and oxygen atoms in total. The second-order valence-corrected chi connectivity index (χ2v) is 8.58. The molecule has 0 spiro atoms. The minimum absolute atomic E-state index is 0.117. The summed E-state index contributed by atoms with van der Waals surface area (Å²) in [6, 6.07) is 24.9. The van der Waals surface area contributed by atoms with E-state index in [2.05, 4.69) is 10.1 Å². The Bertz CT molecular complexity index is 1310. The third-order valence-electron chi connectivity index (χ3n) is 6.41. The number of aromatic nitrogens is 2. The molecule has 0 atom stereocenters. The molecule has 5 rings (SSSR count). The highest BCUT2D eigenvalue weighted by molar-refractivity contribution is 5.90. The number of hydrogen-bond acceptors (Lipinski definition) is 3. The average Bonchev–Trinajstić information content (AvgIpc) is 3.21. The summed E-state index contributed by atoms with van der Waals surface area (Å²) in [6.45, 7) is 0. The minimum Gasteiger partial charge on any atom is -0.506 e. The molecule has 0 amide bonds. The Balaban J connectivity index is 1.57. The summed E-state index contributed by atoms with van der Waals surface area (Å²) in [7, 11) is 0. The summed E-state index contributed by atoms with van der Waals surface area (Å²) in [4.78, 5) is 17.9. The Labute approximate surface area is 193 Å². The van der Waals surface area contributed by atoms with Gasteiger partial charge < -0.3 is 5.11 Å². The van der Waals surface area contributed by atoms with Gasteiger partial charge in [0.15, 0.2) is 0 Å². The maximum absolute atomic E-state index is 13.4. The Hall–Kier alpha value is -3.86. The molecule has 0 bridgehead atoms. The number of aromatic hydroxyl groups is 1. The van der Waals surface area contributed by atoms with Gasteiger partial charge >= 0.3 is 0 Å².